The summed E-state index contributed by atoms with van der Waals surface area (Å²) in [5, 5.41) is 7.79. The summed E-state index contributed by atoms with van der Waals surface area (Å²) in [6.45, 7) is 2.59. The van der Waals surface area contributed by atoms with Crippen LogP contribution in [0.4, 0.5) is 0 Å². The summed E-state index contributed by atoms with van der Waals surface area (Å²) in [6, 6.07) is 8.86. The summed E-state index contributed by atoms with van der Waals surface area (Å²) in [5.41, 5.74) is 2.22. The van der Waals surface area contributed by atoms with Gasteiger partial charge in [-0.15, -0.1) is 11.3 Å². The maximum atomic E-state index is 6.43. The minimum atomic E-state index is 0.571. The van der Waals surface area contributed by atoms with Gasteiger partial charge in [0.2, 0.25) is 4.80 Å². The molecule has 0 bridgehead atoms. The van der Waals surface area contributed by atoms with Crippen molar-refractivity contribution in [1.82, 2.24) is 4.68 Å². The van der Waals surface area contributed by atoms with Gasteiger partial charge in [0.25, 0.3) is 0 Å². The van der Waals surface area contributed by atoms with Crippen LogP contribution in [0.1, 0.15) is 12.5 Å². The molecule has 1 aromatic heterocycles. The number of halogens is 2. The number of ether oxygens (including phenoxy) is 3. The van der Waals surface area contributed by atoms with E-state index in [0.29, 0.717) is 39.4 Å². The van der Waals surface area contributed by atoms with E-state index in [4.69, 9.17) is 37.4 Å². The van der Waals surface area contributed by atoms with Gasteiger partial charge < -0.3 is 14.2 Å². The van der Waals surface area contributed by atoms with Gasteiger partial charge >= 0.3 is 0 Å². The molecule has 0 aliphatic heterocycles. The Morgan fingerprint density at radius 2 is 1.73 bits per heavy atom. The van der Waals surface area contributed by atoms with Crippen molar-refractivity contribution in [2.24, 2.45) is 10.1 Å². The summed E-state index contributed by atoms with van der Waals surface area (Å²) in [5.74, 6) is 1.77. The van der Waals surface area contributed by atoms with Crippen LogP contribution in [0.2, 0.25) is 10.0 Å². The Labute approximate surface area is 189 Å². The van der Waals surface area contributed by atoms with Gasteiger partial charge in [-0.3, -0.25) is 4.99 Å². The first kappa shape index (κ1) is 22.2. The number of rotatable bonds is 7. The van der Waals surface area contributed by atoms with Crippen molar-refractivity contribution < 1.29 is 14.2 Å². The fourth-order valence-electron chi connectivity index (χ4n) is 2.81. The van der Waals surface area contributed by atoms with E-state index in [1.165, 1.54) is 11.3 Å². The topological polar surface area (TPSA) is 57.3 Å². The first-order chi connectivity index (χ1) is 14.5. The third-order valence-electron chi connectivity index (χ3n) is 4.24. The predicted octanol–water partition coefficient (Wildman–Crippen LogP) is 5.35. The van der Waals surface area contributed by atoms with E-state index in [9.17, 15) is 0 Å². The monoisotopic (exact) mass is 465 g/mol. The lowest BCUT2D eigenvalue weighted by molar-refractivity contribution is 0.374. The highest BCUT2D eigenvalue weighted by atomic mass is 35.5. The lowest BCUT2D eigenvalue weighted by Gasteiger charge is -2.12. The van der Waals surface area contributed by atoms with Crippen LogP contribution >= 0.6 is 34.5 Å². The molecule has 3 aromatic rings. The molecule has 1 heterocycles. The second kappa shape index (κ2) is 10.0. The fourth-order valence-corrected chi connectivity index (χ4v) is 4.09. The molecule has 0 radical (unpaired) electrons. The smallest absolute Gasteiger partial charge is 0.206 e. The van der Waals surface area contributed by atoms with Crippen LogP contribution in [-0.2, 0) is 0 Å². The third kappa shape index (κ3) is 4.64. The SMILES string of the molecule is CCN=c1scc(-c2cc(Cl)ccc2Cl)n1N=Cc1c(OC)cc(OC)cc1OC. The Hall–Kier alpha value is -2.48. The molecule has 158 valence electrons. The molecule has 0 amide bonds. The Kier molecular flexibility index (Phi) is 7.42. The average molecular weight is 466 g/mol. The summed E-state index contributed by atoms with van der Waals surface area (Å²) < 4.78 is 18.1. The van der Waals surface area contributed by atoms with Crippen LogP contribution < -0.4 is 19.0 Å². The Balaban J connectivity index is 2.18. The summed E-state index contributed by atoms with van der Waals surface area (Å²) in [6.07, 6.45) is 1.67. The van der Waals surface area contributed by atoms with Crippen LogP contribution in [0.25, 0.3) is 11.3 Å². The van der Waals surface area contributed by atoms with Crippen molar-refractivity contribution in [1.29, 1.82) is 0 Å². The van der Waals surface area contributed by atoms with E-state index in [0.717, 1.165) is 16.1 Å². The van der Waals surface area contributed by atoms with E-state index in [1.54, 1.807) is 56.5 Å². The van der Waals surface area contributed by atoms with Crippen molar-refractivity contribution in [3.8, 4) is 28.5 Å². The molecular weight excluding hydrogens is 445 g/mol. The van der Waals surface area contributed by atoms with Crippen molar-refractivity contribution in [3.05, 3.63) is 56.1 Å². The second-order valence-corrected chi connectivity index (χ2v) is 7.68. The van der Waals surface area contributed by atoms with Crippen molar-refractivity contribution in [2.75, 3.05) is 27.9 Å². The zero-order chi connectivity index (χ0) is 21.7. The van der Waals surface area contributed by atoms with Crippen LogP contribution in [0.3, 0.4) is 0 Å². The minimum absolute atomic E-state index is 0.571. The summed E-state index contributed by atoms with van der Waals surface area (Å²) in [4.78, 5) is 5.27. The molecule has 0 aliphatic rings. The Bertz CT molecular complexity index is 1110. The molecule has 0 saturated carbocycles. The number of hydrogen-bond acceptors (Lipinski definition) is 6. The first-order valence-corrected chi connectivity index (χ1v) is 10.7. The number of benzene rings is 2. The van der Waals surface area contributed by atoms with Gasteiger partial charge in [0.15, 0.2) is 0 Å². The van der Waals surface area contributed by atoms with Crippen molar-refractivity contribution >= 4 is 40.8 Å². The molecule has 9 heteroatoms. The quantitative estimate of drug-likeness (QED) is 0.441. The van der Waals surface area contributed by atoms with E-state index in [1.807, 2.05) is 18.4 Å². The number of methoxy groups -OCH3 is 3. The summed E-state index contributed by atoms with van der Waals surface area (Å²) >= 11 is 14.1. The van der Waals surface area contributed by atoms with Gasteiger partial charge in [0.1, 0.15) is 17.2 Å². The highest BCUT2D eigenvalue weighted by molar-refractivity contribution is 7.07. The largest absolute Gasteiger partial charge is 0.496 e. The first-order valence-electron chi connectivity index (χ1n) is 9.03. The molecule has 0 N–H and O–H groups in total. The highest BCUT2D eigenvalue weighted by Crippen LogP contribution is 2.34. The van der Waals surface area contributed by atoms with E-state index < -0.39 is 0 Å². The fraction of sp³-hybridized carbons (Fsp3) is 0.238. The molecule has 6 nitrogen and oxygen atoms in total. The third-order valence-corrected chi connectivity index (χ3v) is 5.66. The number of thiazole rings is 1. The lowest BCUT2D eigenvalue weighted by Crippen LogP contribution is -2.12. The Morgan fingerprint density at radius 1 is 1.03 bits per heavy atom. The molecular formula is C21H21Cl2N3O3S. The number of aromatic nitrogens is 1. The van der Waals surface area contributed by atoms with Gasteiger partial charge in [0.05, 0.1) is 43.8 Å². The van der Waals surface area contributed by atoms with Crippen LogP contribution in [0.15, 0.2) is 45.8 Å². The Morgan fingerprint density at radius 3 is 2.33 bits per heavy atom. The van der Waals surface area contributed by atoms with Crippen molar-refractivity contribution in [2.45, 2.75) is 6.92 Å². The van der Waals surface area contributed by atoms with Crippen LogP contribution in [0, 0.1) is 0 Å². The van der Waals surface area contributed by atoms with Crippen LogP contribution in [0.5, 0.6) is 17.2 Å². The standard InChI is InChI=1S/C21H21Cl2N3O3S/c1-5-24-21-26(18(12-30-21)15-8-13(22)6-7-17(15)23)25-11-16-19(28-3)9-14(27-2)10-20(16)29-4/h6-12H,5H2,1-4H3. The zero-order valence-corrected chi connectivity index (χ0v) is 19.3. The molecule has 0 atom stereocenters. The van der Waals surface area contributed by atoms with Gasteiger partial charge in [-0.2, -0.15) is 5.10 Å². The van der Waals surface area contributed by atoms with Gasteiger partial charge in [-0.25, -0.2) is 4.68 Å². The molecule has 0 fully saturated rings. The van der Waals surface area contributed by atoms with E-state index in [-0.39, 0.29) is 0 Å². The molecule has 30 heavy (non-hydrogen) atoms. The van der Waals surface area contributed by atoms with Crippen LogP contribution in [-0.4, -0.2) is 38.8 Å². The number of nitrogens with zero attached hydrogens (tertiary/aromatic N) is 3. The van der Waals surface area contributed by atoms with Gasteiger partial charge in [0, 0.05) is 34.6 Å². The minimum Gasteiger partial charge on any atom is -0.496 e. The summed E-state index contributed by atoms with van der Waals surface area (Å²) in [7, 11) is 4.75. The molecule has 0 saturated heterocycles. The molecule has 2 aromatic carbocycles. The number of hydrogen-bond donors (Lipinski definition) is 0. The average Bonchev–Trinajstić information content (AvgIpc) is 3.15. The maximum Gasteiger partial charge on any atom is 0.206 e. The van der Waals surface area contributed by atoms with E-state index >= 15 is 0 Å². The highest BCUT2D eigenvalue weighted by Gasteiger charge is 2.14. The molecule has 0 spiro atoms. The van der Waals surface area contributed by atoms with Gasteiger partial charge in [-0.05, 0) is 25.1 Å². The van der Waals surface area contributed by atoms with Crippen molar-refractivity contribution in [3.63, 3.8) is 0 Å². The van der Waals surface area contributed by atoms with E-state index in [2.05, 4.69) is 10.1 Å². The molecule has 0 unspecified atom stereocenters. The zero-order valence-electron chi connectivity index (χ0n) is 17.0. The normalized spacial score (nSPS) is 11.9. The molecule has 0 aliphatic carbocycles. The second-order valence-electron chi connectivity index (χ2n) is 6.00. The maximum absolute atomic E-state index is 6.43. The lowest BCUT2D eigenvalue weighted by atomic mass is 10.1. The predicted molar refractivity (Wildman–Crippen MR) is 123 cm³/mol. The molecule has 3 rings (SSSR count). The van der Waals surface area contributed by atoms with Gasteiger partial charge in [-0.1, -0.05) is 23.2 Å².